The predicted octanol–water partition coefficient (Wildman–Crippen LogP) is 3.38. The summed E-state index contributed by atoms with van der Waals surface area (Å²) in [6, 6.07) is 14.0. The molecule has 5 heteroatoms. The van der Waals surface area contributed by atoms with Crippen molar-refractivity contribution < 1.29 is 9.63 Å². The van der Waals surface area contributed by atoms with Gasteiger partial charge in [0.15, 0.2) is 0 Å². The van der Waals surface area contributed by atoms with Gasteiger partial charge in [-0.25, -0.2) is 0 Å². The van der Waals surface area contributed by atoms with E-state index in [-0.39, 0.29) is 5.91 Å². The first kappa shape index (κ1) is 15.7. The number of carbonyl (C=O) groups excluding carboxylic acids is 1. The molecule has 0 aliphatic carbocycles. The summed E-state index contributed by atoms with van der Waals surface area (Å²) >= 11 is 1.75. The lowest BCUT2D eigenvalue weighted by atomic mass is 9.95. The van der Waals surface area contributed by atoms with Crippen LogP contribution < -0.4 is 5.32 Å². The highest BCUT2D eigenvalue weighted by atomic mass is 32.1. The van der Waals surface area contributed by atoms with Crippen LogP contribution in [0.5, 0.6) is 0 Å². The number of benzene rings is 1. The minimum absolute atomic E-state index is 0.0987. The molecule has 1 atom stereocenters. The van der Waals surface area contributed by atoms with Crippen molar-refractivity contribution in [1.29, 1.82) is 0 Å². The van der Waals surface area contributed by atoms with Crippen molar-refractivity contribution in [3.8, 4) is 0 Å². The maximum absolute atomic E-state index is 12.4. The second-order valence-electron chi connectivity index (χ2n) is 5.84. The summed E-state index contributed by atoms with van der Waals surface area (Å²) in [6.07, 6.45) is 2.41. The van der Waals surface area contributed by atoms with Gasteiger partial charge in [-0.05, 0) is 36.8 Å². The molecule has 2 aromatic rings. The first-order chi connectivity index (χ1) is 11.2. The van der Waals surface area contributed by atoms with Gasteiger partial charge in [0, 0.05) is 17.8 Å². The van der Waals surface area contributed by atoms with E-state index < -0.39 is 5.60 Å². The summed E-state index contributed by atoms with van der Waals surface area (Å²) < 4.78 is 0. The van der Waals surface area contributed by atoms with Crippen LogP contribution in [0.2, 0.25) is 0 Å². The number of thiophene rings is 1. The van der Waals surface area contributed by atoms with E-state index in [1.165, 1.54) is 4.88 Å². The van der Waals surface area contributed by atoms with Gasteiger partial charge >= 0.3 is 0 Å². The van der Waals surface area contributed by atoms with Crippen molar-refractivity contribution in [2.75, 3.05) is 6.54 Å². The molecule has 0 radical (unpaired) electrons. The topological polar surface area (TPSA) is 50.7 Å². The lowest BCUT2D eigenvalue weighted by Crippen LogP contribution is -2.45. The fourth-order valence-electron chi connectivity index (χ4n) is 2.55. The Labute approximate surface area is 140 Å². The fourth-order valence-corrected chi connectivity index (χ4v) is 3.30. The summed E-state index contributed by atoms with van der Waals surface area (Å²) in [4.78, 5) is 19.2. The highest BCUT2D eigenvalue weighted by Crippen LogP contribution is 2.26. The van der Waals surface area contributed by atoms with Gasteiger partial charge in [0.1, 0.15) is 0 Å². The number of aryl methyl sites for hydroxylation is 1. The highest BCUT2D eigenvalue weighted by Gasteiger charge is 2.41. The number of carbonyl (C=O) groups is 1. The Balaban J connectivity index is 1.48. The van der Waals surface area contributed by atoms with Crippen molar-refractivity contribution in [3.63, 3.8) is 0 Å². The quantitative estimate of drug-likeness (QED) is 0.827. The van der Waals surface area contributed by atoms with Crippen LogP contribution in [0.3, 0.4) is 0 Å². The molecule has 1 aliphatic rings. The molecular weight excluding hydrogens is 308 g/mol. The van der Waals surface area contributed by atoms with E-state index in [0.717, 1.165) is 24.1 Å². The van der Waals surface area contributed by atoms with Gasteiger partial charge in [-0.15, -0.1) is 11.3 Å². The Morgan fingerprint density at radius 2 is 2.13 bits per heavy atom. The van der Waals surface area contributed by atoms with E-state index in [1.54, 1.807) is 18.3 Å². The molecule has 0 saturated heterocycles. The van der Waals surface area contributed by atoms with Crippen LogP contribution in [0, 0.1) is 0 Å². The zero-order valence-electron chi connectivity index (χ0n) is 13.1. The smallest absolute Gasteiger partial charge is 0.267 e. The van der Waals surface area contributed by atoms with E-state index in [2.05, 4.69) is 28.0 Å². The van der Waals surface area contributed by atoms with E-state index in [9.17, 15) is 4.79 Å². The molecule has 0 spiro atoms. The van der Waals surface area contributed by atoms with Crippen molar-refractivity contribution >= 4 is 23.0 Å². The summed E-state index contributed by atoms with van der Waals surface area (Å²) in [5, 5.41) is 9.15. The SMILES string of the molecule is CC1(C(=O)NCCCc2cccs2)CC(c2ccccc2)=NO1. The van der Waals surface area contributed by atoms with Crippen LogP contribution in [0.1, 0.15) is 30.2 Å². The van der Waals surface area contributed by atoms with E-state index >= 15 is 0 Å². The first-order valence-electron chi connectivity index (χ1n) is 7.78. The molecule has 1 unspecified atom stereocenters. The molecule has 4 nitrogen and oxygen atoms in total. The van der Waals surface area contributed by atoms with Crippen LogP contribution in [0.15, 0.2) is 53.0 Å². The van der Waals surface area contributed by atoms with E-state index in [4.69, 9.17) is 4.84 Å². The number of hydrogen-bond acceptors (Lipinski definition) is 4. The fraction of sp³-hybridized carbons (Fsp3) is 0.333. The number of nitrogens with one attached hydrogen (secondary N) is 1. The van der Waals surface area contributed by atoms with Gasteiger partial charge < -0.3 is 10.2 Å². The van der Waals surface area contributed by atoms with Crippen LogP contribution in [-0.2, 0) is 16.1 Å². The number of nitrogens with zero attached hydrogens (tertiary/aromatic N) is 1. The van der Waals surface area contributed by atoms with E-state index in [1.807, 2.05) is 30.3 Å². The van der Waals surface area contributed by atoms with Crippen molar-refractivity contribution in [2.24, 2.45) is 5.16 Å². The van der Waals surface area contributed by atoms with Crippen molar-refractivity contribution in [3.05, 3.63) is 58.3 Å². The Hall–Kier alpha value is -2.14. The monoisotopic (exact) mass is 328 g/mol. The van der Waals surface area contributed by atoms with Crippen molar-refractivity contribution in [1.82, 2.24) is 5.32 Å². The lowest BCUT2D eigenvalue weighted by Gasteiger charge is -2.20. The molecular formula is C18H20N2O2S. The minimum Gasteiger partial charge on any atom is -0.379 e. The van der Waals surface area contributed by atoms with Crippen LogP contribution in [0.4, 0.5) is 0 Å². The number of oxime groups is 1. The molecule has 0 saturated carbocycles. The van der Waals surface area contributed by atoms with Crippen LogP contribution in [-0.4, -0.2) is 23.8 Å². The standard InChI is InChI=1S/C18H20N2O2S/c1-18(13-16(20-22-18)14-7-3-2-4-8-14)17(21)19-11-5-9-15-10-6-12-23-15/h2-4,6-8,10,12H,5,9,11,13H2,1H3,(H,19,21). The zero-order valence-corrected chi connectivity index (χ0v) is 13.9. The second-order valence-corrected chi connectivity index (χ2v) is 6.87. The zero-order chi connectivity index (χ0) is 16.1. The molecule has 0 fully saturated rings. The third-order valence-corrected chi connectivity index (χ3v) is 4.85. The van der Waals surface area contributed by atoms with Gasteiger partial charge in [-0.1, -0.05) is 41.6 Å². The predicted molar refractivity (Wildman–Crippen MR) is 92.7 cm³/mol. The van der Waals surface area contributed by atoms with Gasteiger partial charge in [0.05, 0.1) is 5.71 Å². The summed E-state index contributed by atoms with van der Waals surface area (Å²) in [5.74, 6) is -0.0987. The second kappa shape index (κ2) is 6.96. The Kier molecular flexibility index (Phi) is 4.76. The van der Waals surface area contributed by atoms with Gasteiger partial charge in [-0.3, -0.25) is 4.79 Å². The summed E-state index contributed by atoms with van der Waals surface area (Å²) in [7, 11) is 0. The molecule has 23 heavy (non-hydrogen) atoms. The molecule has 2 heterocycles. The minimum atomic E-state index is -0.909. The molecule has 0 bridgehead atoms. The molecule has 1 N–H and O–H groups in total. The average molecular weight is 328 g/mol. The summed E-state index contributed by atoms with van der Waals surface area (Å²) in [5.41, 5.74) is 0.914. The maximum Gasteiger partial charge on any atom is 0.267 e. The highest BCUT2D eigenvalue weighted by molar-refractivity contribution is 7.09. The molecule has 1 aromatic heterocycles. The molecule has 1 amide bonds. The number of rotatable bonds is 6. The Morgan fingerprint density at radius 3 is 2.87 bits per heavy atom. The lowest BCUT2D eigenvalue weighted by molar-refractivity contribution is -0.141. The Bertz CT molecular complexity index is 682. The van der Waals surface area contributed by atoms with E-state index in [0.29, 0.717) is 13.0 Å². The number of hydrogen-bond donors (Lipinski definition) is 1. The molecule has 3 rings (SSSR count). The van der Waals surface area contributed by atoms with Crippen LogP contribution in [0.25, 0.3) is 0 Å². The van der Waals surface area contributed by atoms with Crippen LogP contribution >= 0.6 is 11.3 Å². The summed E-state index contributed by atoms with van der Waals surface area (Å²) in [6.45, 7) is 2.44. The third kappa shape index (κ3) is 3.79. The van der Waals surface area contributed by atoms with Gasteiger partial charge in [0.25, 0.3) is 5.91 Å². The molecule has 1 aromatic carbocycles. The Morgan fingerprint density at radius 1 is 1.30 bits per heavy atom. The van der Waals surface area contributed by atoms with Gasteiger partial charge in [0.2, 0.25) is 5.60 Å². The molecule has 120 valence electrons. The molecule has 1 aliphatic heterocycles. The third-order valence-electron chi connectivity index (χ3n) is 3.92. The van der Waals surface area contributed by atoms with Crippen molar-refractivity contribution in [2.45, 2.75) is 31.8 Å². The first-order valence-corrected chi connectivity index (χ1v) is 8.66. The largest absolute Gasteiger partial charge is 0.379 e. The van der Waals surface area contributed by atoms with Gasteiger partial charge in [-0.2, -0.15) is 0 Å². The maximum atomic E-state index is 12.4. The normalized spacial score (nSPS) is 20.0. The number of amides is 1. The average Bonchev–Trinajstić information content (AvgIpc) is 3.23.